The highest BCUT2D eigenvalue weighted by atomic mass is 19.4. The van der Waals surface area contributed by atoms with Gasteiger partial charge in [0.1, 0.15) is 30.3 Å². The number of piperidine rings is 1. The number of nitriles is 1. The van der Waals surface area contributed by atoms with Gasteiger partial charge in [-0.15, -0.1) is 10.2 Å². The molecule has 3 aliphatic rings. The first-order valence-electron chi connectivity index (χ1n) is 15.0. The number of carboxylic acid groups (broad SMARTS) is 1. The Balaban J connectivity index is 1.42. The van der Waals surface area contributed by atoms with Crippen LogP contribution in [0.25, 0.3) is 0 Å². The second-order valence-corrected chi connectivity index (χ2v) is 12.4. The number of amides is 2. The minimum atomic E-state index is -4.71. The molecule has 2 fully saturated rings. The molecular weight excluding hydrogens is 605 g/mol. The van der Waals surface area contributed by atoms with Gasteiger partial charge < -0.3 is 14.4 Å². The SMILES string of the molecule is CC1CCCN(Cc2cc3c(c(C(F)(F)F)c2)CN(c2cc(C4(Cc5nncn5C)COC4)cc(N(CC#N)C(=O)O)n2)C3=O)C1. The largest absolute Gasteiger partial charge is 0.465 e. The first-order chi connectivity index (χ1) is 21.9. The number of anilines is 2. The zero-order chi connectivity index (χ0) is 32.8. The summed E-state index contributed by atoms with van der Waals surface area (Å²) < 4.78 is 50.7. The lowest BCUT2D eigenvalue weighted by Crippen LogP contribution is -2.49. The van der Waals surface area contributed by atoms with E-state index in [2.05, 4.69) is 27.0 Å². The number of aryl methyl sites for hydroxylation is 1. The molecule has 2 aromatic heterocycles. The van der Waals surface area contributed by atoms with Crippen molar-refractivity contribution >= 4 is 23.6 Å². The van der Waals surface area contributed by atoms with E-state index in [-0.39, 0.29) is 42.5 Å². The minimum absolute atomic E-state index is 0.0262. The summed E-state index contributed by atoms with van der Waals surface area (Å²) in [4.78, 5) is 34.5. The molecule has 1 aromatic carbocycles. The molecule has 0 radical (unpaired) electrons. The van der Waals surface area contributed by atoms with E-state index in [0.717, 1.165) is 41.8 Å². The summed E-state index contributed by atoms with van der Waals surface area (Å²) in [6.07, 6.45) is -2.24. The van der Waals surface area contributed by atoms with Crippen molar-refractivity contribution < 1.29 is 32.6 Å². The normalized spacial score (nSPS) is 19.4. The average molecular weight is 639 g/mol. The number of halogens is 3. The van der Waals surface area contributed by atoms with Crippen LogP contribution in [0.5, 0.6) is 0 Å². The summed E-state index contributed by atoms with van der Waals surface area (Å²) in [5.41, 5.74) is -0.856. The van der Waals surface area contributed by atoms with Gasteiger partial charge >= 0.3 is 12.3 Å². The Morgan fingerprint density at radius 2 is 2.04 bits per heavy atom. The highest BCUT2D eigenvalue weighted by Gasteiger charge is 2.45. The smallest absolute Gasteiger partial charge is 0.416 e. The molecule has 1 N–H and O–H groups in total. The van der Waals surface area contributed by atoms with E-state index in [4.69, 9.17) is 4.74 Å². The van der Waals surface area contributed by atoms with Gasteiger partial charge in [-0.05, 0) is 66.3 Å². The van der Waals surface area contributed by atoms with Crippen molar-refractivity contribution in [3.05, 3.63) is 64.2 Å². The van der Waals surface area contributed by atoms with Crippen LogP contribution >= 0.6 is 0 Å². The van der Waals surface area contributed by atoms with Crippen LogP contribution in [0.1, 0.15) is 58.2 Å². The van der Waals surface area contributed by atoms with Crippen LogP contribution in [0.2, 0.25) is 0 Å². The van der Waals surface area contributed by atoms with Crippen LogP contribution in [0.15, 0.2) is 30.6 Å². The number of likely N-dealkylation sites (tertiary alicyclic amines) is 1. The monoisotopic (exact) mass is 638 g/mol. The fourth-order valence-corrected chi connectivity index (χ4v) is 6.58. The van der Waals surface area contributed by atoms with Crippen molar-refractivity contribution in [2.45, 2.75) is 50.9 Å². The second-order valence-electron chi connectivity index (χ2n) is 12.4. The quantitative estimate of drug-likeness (QED) is 0.361. The van der Waals surface area contributed by atoms with Crippen molar-refractivity contribution in [3.63, 3.8) is 0 Å². The number of carbonyl (C=O) groups is 2. The van der Waals surface area contributed by atoms with Crippen LogP contribution < -0.4 is 9.80 Å². The Hall–Kier alpha value is -4.55. The van der Waals surface area contributed by atoms with Crippen LogP contribution in [0.4, 0.5) is 29.6 Å². The summed E-state index contributed by atoms with van der Waals surface area (Å²) in [5, 5.41) is 27.3. The van der Waals surface area contributed by atoms with Gasteiger partial charge in [-0.3, -0.25) is 14.6 Å². The summed E-state index contributed by atoms with van der Waals surface area (Å²) >= 11 is 0. The number of alkyl halides is 3. The lowest BCUT2D eigenvalue weighted by atomic mass is 9.75. The highest BCUT2D eigenvalue weighted by Crippen LogP contribution is 2.42. The van der Waals surface area contributed by atoms with Crippen LogP contribution in [0, 0.1) is 17.2 Å². The number of hydrogen-bond acceptors (Lipinski definition) is 8. The Bertz CT molecular complexity index is 1710. The topological polar surface area (TPSA) is 141 Å². The van der Waals surface area contributed by atoms with Gasteiger partial charge in [0, 0.05) is 37.5 Å². The Morgan fingerprint density at radius 3 is 2.65 bits per heavy atom. The van der Waals surface area contributed by atoms with E-state index in [1.165, 1.54) is 12.1 Å². The molecule has 6 rings (SSSR count). The summed E-state index contributed by atoms with van der Waals surface area (Å²) in [6.45, 7) is 3.45. The summed E-state index contributed by atoms with van der Waals surface area (Å²) in [6, 6.07) is 7.57. The maximum absolute atomic E-state index is 14.5. The van der Waals surface area contributed by atoms with E-state index in [9.17, 15) is 33.1 Å². The predicted octanol–water partition coefficient (Wildman–Crippen LogP) is 4.14. The van der Waals surface area contributed by atoms with Gasteiger partial charge in [-0.25, -0.2) is 14.7 Å². The van der Waals surface area contributed by atoms with Crippen LogP contribution in [-0.2, 0) is 42.9 Å². The molecule has 2 saturated heterocycles. The first kappa shape index (κ1) is 31.4. The number of hydrogen-bond donors (Lipinski definition) is 1. The Labute approximate surface area is 263 Å². The standard InChI is InChI=1S/C31H33F3N8O4/c1-19-4-3-6-40(13-19)14-20-8-22-23(24(9-20)31(32,33)34)15-42(28(22)43)26-11-21(10-25(37-26)41(7-5-35)29(44)45)30(16-46-17-30)12-27-38-36-18-39(27)2/h8-11,18-19H,3-4,6-7,12-17H2,1-2H3,(H,44,45). The van der Waals surface area contributed by atoms with E-state index in [1.807, 2.05) is 0 Å². The number of pyridine rings is 1. The van der Waals surface area contributed by atoms with Crippen LogP contribution in [-0.4, -0.2) is 74.6 Å². The average Bonchev–Trinajstić information content (AvgIpc) is 3.54. The maximum atomic E-state index is 14.5. The first-order valence-corrected chi connectivity index (χ1v) is 15.0. The lowest BCUT2D eigenvalue weighted by molar-refractivity contribution is -0.138. The van der Waals surface area contributed by atoms with Crippen molar-refractivity contribution in [1.29, 1.82) is 5.26 Å². The Kier molecular flexibility index (Phi) is 8.20. The summed E-state index contributed by atoms with van der Waals surface area (Å²) in [5.74, 6) is 0.233. The fourth-order valence-electron chi connectivity index (χ4n) is 6.58. The van der Waals surface area contributed by atoms with E-state index in [1.54, 1.807) is 30.1 Å². The third-order valence-electron chi connectivity index (χ3n) is 9.04. The number of ether oxygens (including phenoxy) is 1. The number of nitrogens with zero attached hydrogens (tertiary/aromatic N) is 8. The van der Waals surface area contributed by atoms with Gasteiger partial charge in [-0.2, -0.15) is 18.4 Å². The number of fused-ring (bicyclic) bond motifs is 1. The molecule has 0 bridgehead atoms. The van der Waals surface area contributed by atoms with Crippen LogP contribution in [0.3, 0.4) is 0 Å². The third kappa shape index (κ3) is 5.90. The zero-order valence-corrected chi connectivity index (χ0v) is 25.4. The van der Waals surface area contributed by atoms with Crippen molar-refractivity contribution in [3.8, 4) is 6.07 Å². The summed E-state index contributed by atoms with van der Waals surface area (Å²) in [7, 11) is 1.78. The maximum Gasteiger partial charge on any atom is 0.416 e. The van der Waals surface area contributed by atoms with Crippen molar-refractivity contribution in [2.75, 3.05) is 42.6 Å². The molecular formula is C31H33F3N8O4. The molecule has 3 aromatic rings. The molecule has 3 aliphatic heterocycles. The molecule has 242 valence electrons. The molecule has 0 spiro atoms. The third-order valence-corrected chi connectivity index (χ3v) is 9.04. The van der Waals surface area contributed by atoms with Crippen molar-refractivity contribution in [2.24, 2.45) is 13.0 Å². The minimum Gasteiger partial charge on any atom is -0.465 e. The number of rotatable bonds is 8. The van der Waals surface area contributed by atoms with Gasteiger partial charge in [-0.1, -0.05) is 6.92 Å². The molecule has 15 heteroatoms. The van der Waals surface area contributed by atoms with Crippen molar-refractivity contribution in [1.82, 2.24) is 24.6 Å². The van der Waals surface area contributed by atoms with E-state index in [0.29, 0.717) is 29.3 Å². The molecule has 12 nitrogen and oxygen atoms in total. The highest BCUT2D eigenvalue weighted by molar-refractivity contribution is 6.10. The Morgan fingerprint density at radius 1 is 1.26 bits per heavy atom. The number of aromatic nitrogens is 4. The fraction of sp³-hybridized carbons (Fsp3) is 0.484. The number of benzene rings is 1. The molecule has 1 atom stereocenters. The molecule has 0 saturated carbocycles. The molecule has 2 amide bonds. The van der Waals surface area contributed by atoms with Gasteiger partial charge in [0.2, 0.25) is 0 Å². The predicted molar refractivity (Wildman–Crippen MR) is 158 cm³/mol. The lowest BCUT2D eigenvalue weighted by Gasteiger charge is -2.42. The van der Waals surface area contributed by atoms with Gasteiger partial charge in [0.15, 0.2) is 0 Å². The van der Waals surface area contributed by atoms with E-state index >= 15 is 0 Å². The molecule has 46 heavy (non-hydrogen) atoms. The molecule has 5 heterocycles. The zero-order valence-electron chi connectivity index (χ0n) is 25.4. The molecule has 0 aliphatic carbocycles. The van der Waals surface area contributed by atoms with Gasteiger partial charge in [0.25, 0.3) is 5.91 Å². The van der Waals surface area contributed by atoms with E-state index < -0.39 is 42.2 Å². The number of carbonyl (C=O) groups excluding carboxylic acids is 1. The molecule has 1 unspecified atom stereocenters. The second kappa shape index (κ2) is 12.0. The van der Waals surface area contributed by atoms with Gasteiger partial charge in [0.05, 0.1) is 31.4 Å².